The fourth-order valence-corrected chi connectivity index (χ4v) is 5.29. The summed E-state index contributed by atoms with van der Waals surface area (Å²) in [6, 6.07) is 0. The van der Waals surface area contributed by atoms with Crippen molar-refractivity contribution >= 4 is 74.1 Å². The van der Waals surface area contributed by atoms with Crippen LogP contribution < -0.4 is 16.0 Å². The van der Waals surface area contributed by atoms with Crippen molar-refractivity contribution < 1.29 is 41.5 Å². The first-order valence-electron chi connectivity index (χ1n) is 15.6. The average Bonchev–Trinajstić information content (AvgIpc) is 2.96. The molecule has 0 aliphatic carbocycles. The van der Waals surface area contributed by atoms with Gasteiger partial charge < -0.3 is 76.3 Å². The molecule has 0 fully saturated rings. The van der Waals surface area contributed by atoms with Crippen LogP contribution in [0.15, 0.2) is 0 Å². The molecule has 3 N–H and O–H groups in total. The van der Waals surface area contributed by atoms with Crippen LogP contribution in [0.25, 0.3) is 0 Å². The van der Waals surface area contributed by atoms with E-state index in [0.29, 0.717) is 88.9 Å². The normalized spacial score (nSPS) is 14.0. The van der Waals surface area contributed by atoms with Gasteiger partial charge in [-0.15, -0.1) is 0 Å². The van der Waals surface area contributed by atoms with Gasteiger partial charge in [-0.3, -0.25) is 19.2 Å². The second kappa shape index (κ2) is 26.6. The summed E-state index contributed by atoms with van der Waals surface area (Å²) in [6.45, 7) is 20.7. The van der Waals surface area contributed by atoms with Crippen LogP contribution in [-0.4, -0.2) is 107 Å². The first-order chi connectivity index (χ1) is 21.0. The van der Waals surface area contributed by atoms with Crippen molar-refractivity contribution in [3.8, 4) is 0 Å². The third kappa shape index (κ3) is 21.3. The minimum atomic E-state index is -1.01. The number of hydrogen-bond acceptors (Lipinski definition) is 10. The summed E-state index contributed by atoms with van der Waals surface area (Å²) in [7, 11) is 0. The maximum absolute atomic E-state index is 12.9. The Balaban J connectivity index is 0. The fraction of sp³-hybridized carbons (Fsp3) is 0.867. The van der Waals surface area contributed by atoms with Gasteiger partial charge in [0.05, 0.1) is 0 Å². The molecule has 4 unspecified atom stereocenters. The van der Waals surface area contributed by atoms with Gasteiger partial charge in [0, 0.05) is 39.3 Å². The van der Waals surface area contributed by atoms with E-state index in [4.69, 9.17) is 54.0 Å². The van der Waals surface area contributed by atoms with Gasteiger partial charge in [0.2, 0.25) is 11.8 Å². The van der Waals surface area contributed by atoms with Gasteiger partial charge in [0.25, 0.3) is 0 Å². The van der Waals surface area contributed by atoms with E-state index in [1.165, 1.54) is 0 Å². The van der Waals surface area contributed by atoms with Crippen LogP contribution in [0.1, 0.15) is 68.2 Å². The Morgan fingerprint density at radius 2 is 0.778 bits per heavy atom. The van der Waals surface area contributed by atoms with E-state index in [1.54, 1.807) is 9.80 Å². The second-order valence-corrected chi connectivity index (χ2v) is 14.8. The molecule has 4 atom stereocenters. The van der Waals surface area contributed by atoms with Crippen molar-refractivity contribution in [2.75, 3.05) is 52.4 Å². The molecule has 0 rings (SSSR count). The summed E-state index contributed by atoms with van der Waals surface area (Å²) in [5, 5.41) is 4.85. The molecule has 0 heterocycles. The van der Waals surface area contributed by atoms with Gasteiger partial charge in [-0.25, -0.2) is 0 Å². The molecule has 0 radical (unpaired) electrons. The Kier molecular flexibility index (Phi) is 27.7. The van der Waals surface area contributed by atoms with Gasteiger partial charge >= 0.3 is 22.4 Å². The standard InChI is InChI=1S/C30H59N5O4S4.O.Tc/c1-19(2)15-34(16-20(3)4)29(38)25(42)23(40)27(36)32-13-9-11-31-12-10-14-33-28(37)24(41)26(43)30(39)35(17-21(5)6)18-22(7)8;;/h19-26,31,40-43H,9-18H2,1-8H3,(H,32,36)(H,33,37);;/q;;+4/p-4. The van der Waals surface area contributed by atoms with E-state index in [2.05, 4.69) is 16.0 Å². The van der Waals surface area contributed by atoms with Crippen LogP contribution >= 0.6 is 0 Å². The van der Waals surface area contributed by atoms with Gasteiger partial charge in [-0.05, 0) is 49.6 Å². The van der Waals surface area contributed by atoms with Gasteiger partial charge in [-0.2, -0.15) is 0 Å². The first kappa shape index (κ1) is 46.8. The van der Waals surface area contributed by atoms with Crippen LogP contribution in [0.4, 0.5) is 0 Å². The van der Waals surface area contributed by atoms with Crippen LogP contribution in [0.2, 0.25) is 0 Å². The number of carbonyl (C=O) groups is 4. The zero-order valence-electron chi connectivity index (χ0n) is 28.1. The maximum atomic E-state index is 12.9. The summed E-state index contributed by atoms with van der Waals surface area (Å²) < 4.78 is 8.22. The Bertz CT molecular complexity index is 787. The third-order valence-corrected chi connectivity index (χ3v) is 8.44. The topological polar surface area (TPSA) is 128 Å². The molecule has 261 valence electrons. The number of rotatable bonds is 22. The number of nitrogens with one attached hydrogen (secondary N) is 3. The molecule has 15 heteroatoms. The molecular formula is C30H55N5O5S4Tc. The molecule has 10 nitrogen and oxygen atoms in total. The molecular weight excluding hydrogens is 737 g/mol. The zero-order valence-corrected chi connectivity index (χ0v) is 33.3. The Morgan fingerprint density at radius 1 is 0.511 bits per heavy atom. The molecule has 0 aromatic heterocycles. The van der Waals surface area contributed by atoms with Gasteiger partial charge in [0.15, 0.2) is 11.8 Å². The monoisotopic (exact) mass is 790 g/mol. The molecule has 0 aromatic carbocycles. The molecule has 0 aliphatic heterocycles. The zero-order chi connectivity index (χ0) is 35.3. The summed E-state index contributed by atoms with van der Waals surface area (Å²) >= 11 is 22.3. The number of carbonyl (C=O) groups excluding carboxylic acids is 4. The van der Waals surface area contributed by atoms with E-state index >= 15 is 0 Å². The molecule has 4 amide bonds. The Hall–Kier alpha value is -0.311. The Labute approximate surface area is 304 Å². The van der Waals surface area contributed by atoms with E-state index in [0.717, 1.165) is 18.9 Å². The van der Waals surface area contributed by atoms with E-state index < -0.39 is 32.8 Å². The molecule has 0 aliphatic rings. The number of hydrogen-bond donors (Lipinski definition) is 3. The van der Waals surface area contributed by atoms with Crippen molar-refractivity contribution in [2.24, 2.45) is 23.7 Å². The third-order valence-electron chi connectivity index (χ3n) is 6.18. The molecule has 0 spiro atoms. The summed E-state index contributed by atoms with van der Waals surface area (Å²) in [5.74, 6) is -0.128. The van der Waals surface area contributed by atoms with Crippen LogP contribution in [0, 0.1) is 23.7 Å². The number of nitrogens with zero attached hydrogens (tertiary/aromatic N) is 2. The van der Waals surface area contributed by atoms with Crippen LogP contribution in [0.3, 0.4) is 0 Å². The van der Waals surface area contributed by atoms with Gasteiger partial charge in [-0.1, -0.05) is 76.4 Å². The molecule has 0 aromatic rings. The van der Waals surface area contributed by atoms with Gasteiger partial charge in [0.1, 0.15) is 0 Å². The summed E-state index contributed by atoms with van der Waals surface area (Å²) in [6.07, 6.45) is 1.33. The SMILES string of the molecule is CC(C)CN(CC(C)C)C(=O)C([S-])C([S-])C(=O)NCCCNCCCNC(=O)C([S-])C([S-])C(=O)N(CC(C)C)CC(C)C.[O]=[Tc+4]. The molecule has 0 saturated carbocycles. The first-order valence-corrected chi connectivity index (χ1v) is 18.3. The Morgan fingerprint density at radius 3 is 1.02 bits per heavy atom. The minimum absolute atomic E-state index is 0.252. The van der Waals surface area contributed by atoms with E-state index in [9.17, 15) is 19.2 Å². The van der Waals surface area contributed by atoms with Crippen molar-refractivity contribution in [3.63, 3.8) is 0 Å². The predicted octanol–water partition coefficient (Wildman–Crippen LogP) is 1.41. The average molecular weight is 792 g/mol. The molecule has 0 bridgehead atoms. The summed E-state index contributed by atoms with van der Waals surface area (Å²) in [4.78, 5) is 54.3. The van der Waals surface area contributed by atoms with Crippen molar-refractivity contribution in [3.05, 3.63) is 0 Å². The van der Waals surface area contributed by atoms with Crippen LogP contribution in [-0.2, 0) is 92.1 Å². The van der Waals surface area contributed by atoms with Crippen molar-refractivity contribution in [2.45, 2.75) is 89.2 Å². The molecule has 45 heavy (non-hydrogen) atoms. The summed E-state index contributed by atoms with van der Waals surface area (Å²) in [5.41, 5.74) is 0. The van der Waals surface area contributed by atoms with E-state index in [1.807, 2.05) is 55.4 Å². The quantitative estimate of drug-likeness (QED) is 0.110. The second-order valence-electron chi connectivity index (χ2n) is 12.8. The molecule has 0 saturated heterocycles. The van der Waals surface area contributed by atoms with Crippen LogP contribution in [0.5, 0.6) is 0 Å². The van der Waals surface area contributed by atoms with E-state index in [-0.39, 0.29) is 11.8 Å². The number of amides is 4. The fourth-order valence-electron chi connectivity index (χ4n) is 4.34. The van der Waals surface area contributed by atoms with Crippen molar-refractivity contribution in [1.82, 2.24) is 25.8 Å². The van der Waals surface area contributed by atoms with Crippen molar-refractivity contribution in [1.29, 1.82) is 0 Å². The predicted molar refractivity (Wildman–Crippen MR) is 186 cm³/mol.